The monoisotopic (exact) mass is 260 g/mol. The van der Waals surface area contributed by atoms with Crippen molar-refractivity contribution in [3.8, 4) is 6.07 Å². The van der Waals surface area contributed by atoms with Crippen molar-refractivity contribution in [2.24, 2.45) is 5.92 Å². The first-order valence-corrected chi connectivity index (χ1v) is 7.37. The molecular formula is C14H16N2OS. The molecule has 1 amide bonds. The molecule has 0 aromatic carbocycles. The Bertz CT molecular complexity index is 541. The van der Waals surface area contributed by atoms with Crippen molar-refractivity contribution < 1.29 is 4.79 Å². The number of amides is 1. The summed E-state index contributed by atoms with van der Waals surface area (Å²) in [5.74, 6) is 0.878. The lowest BCUT2D eigenvalue weighted by atomic mass is 9.88. The topological polar surface area (TPSA) is 44.1 Å². The Balaban J connectivity index is 2.05. The Morgan fingerprint density at radius 3 is 2.94 bits per heavy atom. The van der Waals surface area contributed by atoms with Crippen LogP contribution < -0.4 is 4.90 Å². The molecule has 1 atom stereocenters. The number of nitriles is 1. The molecular weight excluding hydrogens is 244 g/mol. The quantitative estimate of drug-likeness (QED) is 0.779. The van der Waals surface area contributed by atoms with Crippen LogP contribution in [0.5, 0.6) is 0 Å². The fraction of sp³-hybridized carbons (Fsp3) is 0.571. The molecule has 1 saturated heterocycles. The molecule has 0 bridgehead atoms. The van der Waals surface area contributed by atoms with E-state index in [1.165, 1.54) is 10.4 Å². The fourth-order valence-corrected chi connectivity index (χ4v) is 4.41. The van der Waals surface area contributed by atoms with Crippen LogP contribution in [0.25, 0.3) is 0 Å². The van der Waals surface area contributed by atoms with Gasteiger partial charge in [0.2, 0.25) is 5.91 Å². The first kappa shape index (κ1) is 11.7. The van der Waals surface area contributed by atoms with Gasteiger partial charge in [-0.3, -0.25) is 4.79 Å². The molecule has 94 valence electrons. The third-order valence-electron chi connectivity index (χ3n) is 3.92. The molecule has 3 nitrogen and oxygen atoms in total. The van der Waals surface area contributed by atoms with Gasteiger partial charge in [-0.1, -0.05) is 6.92 Å². The maximum absolute atomic E-state index is 11.8. The zero-order valence-electron chi connectivity index (χ0n) is 10.5. The summed E-state index contributed by atoms with van der Waals surface area (Å²) in [6, 6.07) is 2.33. The van der Waals surface area contributed by atoms with Gasteiger partial charge in [0.1, 0.15) is 11.1 Å². The summed E-state index contributed by atoms with van der Waals surface area (Å²) < 4.78 is 0. The van der Waals surface area contributed by atoms with Crippen LogP contribution in [0.15, 0.2) is 0 Å². The van der Waals surface area contributed by atoms with Crippen molar-refractivity contribution in [1.82, 2.24) is 0 Å². The summed E-state index contributed by atoms with van der Waals surface area (Å²) in [6.07, 6.45) is 4.77. The van der Waals surface area contributed by atoms with Crippen LogP contribution in [0.2, 0.25) is 0 Å². The van der Waals surface area contributed by atoms with Crippen molar-refractivity contribution in [3.05, 3.63) is 16.0 Å². The number of carbonyl (C=O) groups excluding carboxylic acids is 1. The molecule has 2 aliphatic rings. The van der Waals surface area contributed by atoms with E-state index in [1.807, 2.05) is 4.90 Å². The predicted molar refractivity (Wildman–Crippen MR) is 71.8 cm³/mol. The summed E-state index contributed by atoms with van der Waals surface area (Å²) in [4.78, 5) is 15.0. The number of fused-ring (bicyclic) bond motifs is 1. The standard InChI is InChI=1S/C14H16N2OS/c1-9-4-5-10-11(8-15)14(18-12(10)7-9)16-6-2-3-13(16)17/h9H,2-7H2,1H3/t9-/m0/s1. The molecule has 0 N–H and O–H groups in total. The molecule has 0 spiro atoms. The van der Waals surface area contributed by atoms with Gasteiger partial charge in [0.25, 0.3) is 0 Å². The zero-order valence-corrected chi connectivity index (χ0v) is 11.3. The van der Waals surface area contributed by atoms with Gasteiger partial charge < -0.3 is 4.90 Å². The number of hydrogen-bond acceptors (Lipinski definition) is 3. The molecule has 4 heteroatoms. The first-order valence-electron chi connectivity index (χ1n) is 6.55. The van der Waals surface area contributed by atoms with E-state index in [-0.39, 0.29) is 5.91 Å². The van der Waals surface area contributed by atoms with E-state index in [4.69, 9.17) is 0 Å². The second kappa shape index (κ2) is 4.40. The van der Waals surface area contributed by atoms with Gasteiger partial charge in [0, 0.05) is 17.8 Å². The second-order valence-corrected chi connectivity index (χ2v) is 6.38. The number of nitrogens with zero attached hydrogens (tertiary/aromatic N) is 2. The lowest BCUT2D eigenvalue weighted by Crippen LogP contribution is -2.23. The van der Waals surface area contributed by atoms with E-state index in [0.29, 0.717) is 12.3 Å². The van der Waals surface area contributed by atoms with Crippen LogP contribution in [0.4, 0.5) is 5.00 Å². The number of rotatable bonds is 1. The van der Waals surface area contributed by atoms with Crippen molar-refractivity contribution in [2.45, 2.75) is 39.0 Å². The Labute approximate surface area is 111 Å². The highest BCUT2D eigenvalue weighted by Crippen LogP contribution is 2.42. The van der Waals surface area contributed by atoms with Crippen LogP contribution >= 0.6 is 11.3 Å². The second-order valence-electron chi connectivity index (χ2n) is 5.29. The molecule has 1 fully saturated rings. The van der Waals surface area contributed by atoms with Crippen LogP contribution in [0.1, 0.15) is 42.2 Å². The van der Waals surface area contributed by atoms with Crippen LogP contribution in [0, 0.1) is 17.2 Å². The van der Waals surface area contributed by atoms with E-state index in [9.17, 15) is 10.1 Å². The summed E-state index contributed by atoms with van der Waals surface area (Å²) in [5.41, 5.74) is 1.99. The molecule has 0 saturated carbocycles. The average Bonchev–Trinajstić information content (AvgIpc) is 2.91. The van der Waals surface area contributed by atoms with E-state index in [0.717, 1.165) is 42.8 Å². The Kier molecular flexibility index (Phi) is 2.87. The van der Waals surface area contributed by atoms with Crippen molar-refractivity contribution in [1.29, 1.82) is 5.26 Å². The minimum atomic E-state index is 0.179. The highest BCUT2D eigenvalue weighted by Gasteiger charge is 2.30. The van der Waals surface area contributed by atoms with Gasteiger partial charge in [0.05, 0.1) is 5.56 Å². The lowest BCUT2D eigenvalue weighted by Gasteiger charge is -2.17. The molecule has 0 radical (unpaired) electrons. The highest BCUT2D eigenvalue weighted by molar-refractivity contribution is 7.16. The fourth-order valence-electron chi connectivity index (χ4n) is 2.90. The van der Waals surface area contributed by atoms with Gasteiger partial charge >= 0.3 is 0 Å². The normalized spacial score (nSPS) is 23.0. The van der Waals surface area contributed by atoms with Gasteiger partial charge in [-0.2, -0.15) is 5.26 Å². The Hall–Kier alpha value is -1.34. The lowest BCUT2D eigenvalue weighted by molar-refractivity contribution is -0.117. The minimum absolute atomic E-state index is 0.179. The number of hydrogen-bond donors (Lipinski definition) is 0. The molecule has 2 heterocycles. The maximum atomic E-state index is 11.8. The number of carbonyl (C=O) groups is 1. The highest BCUT2D eigenvalue weighted by atomic mass is 32.1. The Morgan fingerprint density at radius 1 is 1.44 bits per heavy atom. The molecule has 0 unspecified atom stereocenters. The first-order chi connectivity index (χ1) is 8.70. The van der Waals surface area contributed by atoms with E-state index in [2.05, 4.69) is 13.0 Å². The minimum Gasteiger partial charge on any atom is -0.303 e. The Morgan fingerprint density at radius 2 is 2.28 bits per heavy atom. The van der Waals surface area contributed by atoms with E-state index in [1.54, 1.807) is 11.3 Å². The van der Waals surface area contributed by atoms with Crippen molar-refractivity contribution in [2.75, 3.05) is 11.4 Å². The number of thiophene rings is 1. The summed E-state index contributed by atoms with van der Waals surface area (Å²) in [5, 5.41) is 10.3. The van der Waals surface area contributed by atoms with Crippen molar-refractivity contribution in [3.63, 3.8) is 0 Å². The van der Waals surface area contributed by atoms with Gasteiger partial charge in [-0.25, -0.2) is 0 Å². The molecule has 18 heavy (non-hydrogen) atoms. The van der Waals surface area contributed by atoms with Crippen LogP contribution in [-0.2, 0) is 17.6 Å². The molecule has 3 rings (SSSR count). The largest absolute Gasteiger partial charge is 0.303 e. The maximum Gasteiger partial charge on any atom is 0.227 e. The van der Waals surface area contributed by atoms with E-state index < -0.39 is 0 Å². The van der Waals surface area contributed by atoms with Crippen LogP contribution in [0.3, 0.4) is 0 Å². The molecule has 1 aromatic heterocycles. The summed E-state index contributed by atoms with van der Waals surface area (Å²) >= 11 is 1.67. The third kappa shape index (κ3) is 1.74. The SMILES string of the molecule is C[C@H]1CCc2c(sc(N3CCCC3=O)c2C#N)C1. The summed E-state index contributed by atoms with van der Waals surface area (Å²) in [6.45, 7) is 3.04. The zero-order chi connectivity index (χ0) is 12.7. The average molecular weight is 260 g/mol. The van der Waals surface area contributed by atoms with Gasteiger partial charge in [-0.05, 0) is 37.2 Å². The predicted octanol–water partition coefficient (Wildman–Crippen LogP) is 2.87. The smallest absolute Gasteiger partial charge is 0.227 e. The molecule has 1 aliphatic heterocycles. The molecule has 1 aliphatic carbocycles. The van der Waals surface area contributed by atoms with Gasteiger partial charge in [-0.15, -0.1) is 11.3 Å². The summed E-state index contributed by atoms with van der Waals surface area (Å²) in [7, 11) is 0. The van der Waals surface area contributed by atoms with Gasteiger partial charge in [0.15, 0.2) is 0 Å². The van der Waals surface area contributed by atoms with Crippen LogP contribution in [-0.4, -0.2) is 12.5 Å². The van der Waals surface area contributed by atoms with Crippen molar-refractivity contribution >= 4 is 22.2 Å². The third-order valence-corrected chi connectivity index (χ3v) is 5.20. The van der Waals surface area contributed by atoms with E-state index >= 15 is 0 Å². The molecule has 1 aromatic rings. The number of anilines is 1.